The van der Waals surface area contributed by atoms with E-state index in [1.165, 1.54) is 5.69 Å². The van der Waals surface area contributed by atoms with Crippen LogP contribution in [0.15, 0.2) is 24.3 Å². The minimum Gasteiger partial charge on any atom is -0.375 e. The Labute approximate surface area is 118 Å². The lowest BCUT2D eigenvalue weighted by Crippen LogP contribution is -2.37. The number of benzene rings is 1. The molecule has 2 saturated heterocycles. The summed E-state index contributed by atoms with van der Waals surface area (Å²) in [6.45, 7) is 1.19. The summed E-state index contributed by atoms with van der Waals surface area (Å²) in [5.74, 6) is 0. The van der Waals surface area contributed by atoms with Gasteiger partial charge < -0.3 is 20.1 Å². The number of halogens is 1. The number of alkyl halides is 1. The molecule has 2 aliphatic heterocycles. The second-order valence-corrected chi connectivity index (χ2v) is 5.56. The standard InChI is InChI=1S/C15H21FN2O2/c1-19-15(14(17)7-16)10-2-4-11(5-3-10)18-8-13-6-12(18)9-20-13/h2-5,12-15H,6-9,17H2,1H3. The third-order valence-electron chi connectivity index (χ3n) is 4.27. The van der Waals surface area contributed by atoms with Crippen molar-refractivity contribution in [2.45, 2.75) is 30.7 Å². The molecule has 0 amide bonds. The van der Waals surface area contributed by atoms with Crippen molar-refractivity contribution in [1.29, 1.82) is 0 Å². The highest BCUT2D eigenvalue weighted by Gasteiger charge is 2.38. The molecule has 2 N–H and O–H groups in total. The first-order valence-corrected chi connectivity index (χ1v) is 7.05. The van der Waals surface area contributed by atoms with Gasteiger partial charge in [0.25, 0.3) is 0 Å². The summed E-state index contributed by atoms with van der Waals surface area (Å²) in [7, 11) is 1.56. The average Bonchev–Trinajstić information content (AvgIpc) is 3.11. The maximum atomic E-state index is 12.7. The van der Waals surface area contributed by atoms with Gasteiger partial charge in [0.1, 0.15) is 6.67 Å². The Bertz CT molecular complexity index is 433. The highest BCUT2D eigenvalue weighted by Crippen LogP contribution is 2.33. The zero-order chi connectivity index (χ0) is 14.1. The Morgan fingerprint density at radius 3 is 2.70 bits per heavy atom. The van der Waals surface area contributed by atoms with Gasteiger partial charge in [-0.15, -0.1) is 0 Å². The van der Waals surface area contributed by atoms with E-state index in [0.717, 1.165) is 25.1 Å². The predicted octanol–water partition coefficient (Wildman–Crippen LogP) is 1.65. The maximum absolute atomic E-state index is 12.7. The van der Waals surface area contributed by atoms with E-state index in [1.54, 1.807) is 7.11 Å². The fourth-order valence-corrected chi connectivity index (χ4v) is 3.21. The van der Waals surface area contributed by atoms with Crippen LogP contribution >= 0.6 is 0 Å². The average molecular weight is 280 g/mol. The Morgan fingerprint density at radius 2 is 2.20 bits per heavy atom. The quantitative estimate of drug-likeness (QED) is 0.891. The first-order valence-electron chi connectivity index (χ1n) is 7.05. The highest BCUT2D eigenvalue weighted by atomic mass is 19.1. The smallest absolute Gasteiger partial charge is 0.107 e. The minimum absolute atomic E-state index is 0.381. The van der Waals surface area contributed by atoms with Gasteiger partial charge in [-0.25, -0.2) is 4.39 Å². The third kappa shape index (κ3) is 2.41. The van der Waals surface area contributed by atoms with Crippen LogP contribution in [0.2, 0.25) is 0 Å². The van der Waals surface area contributed by atoms with Crippen LogP contribution in [0, 0.1) is 0 Å². The van der Waals surface area contributed by atoms with Crippen LogP contribution < -0.4 is 10.6 Å². The van der Waals surface area contributed by atoms with Crippen molar-refractivity contribution in [2.24, 2.45) is 5.73 Å². The highest BCUT2D eigenvalue weighted by molar-refractivity contribution is 5.51. The molecule has 2 bridgehead atoms. The van der Waals surface area contributed by atoms with Gasteiger partial charge >= 0.3 is 0 Å². The van der Waals surface area contributed by atoms with Crippen molar-refractivity contribution in [2.75, 3.05) is 31.8 Å². The van der Waals surface area contributed by atoms with Crippen LogP contribution in [0.5, 0.6) is 0 Å². The summed E-state index contributed by atoms with van der Waals surface area (Å²) in [6, 6.07) is 7.96. The van der Waals surface area contributed by atoms with Crippen molar-refractivity contribution in [3.05, 3.63) is 29.8 Å². The molecule has 5 heteroatoms. The van der Waals surface area contributed by atoms with E-state index in [2.05, 4.69) is 17.0 Å². The summed E-state index contributed by atoms with van der Waals surface area (Å²) in [6.07, 6.45) is 1.11. The number of methoxy groups -OCH3 is 1. The van der Waals surface area contributed by atoms with Crippen LogP contribution in [0.1, 0.15) is 18.1 Å². The van der Waals surface area contributed by atoms with Crippen LogP contribution in [0.4, 0.5) is 10.1 Å². The van der Waals surface area contributed by atoms with Gasteiger partial charge in [0.15, 0.2) is 0 Å². The van der Waals surface area contributed by atoms with Gasteiger partial charge in [-0.2, -0.15) is 0 Å². The Kier molecular flexibility index (Phi) is 3.92. The lowest BCUT2D eigenvalue weighted by molar-refractivity contribution is 0.0720. The Morgan fingerprint density at radius 1 is 1.45 bits per heavy atom. The van der Waals surface area contributed by atoms with E-state index in [1.807, 2.05) is 12.1 Å². The minimum atomic E-state index is -0.623. The monoisotopic (exact) mass is 280 g/mol. The number of hydrogen-bond donors (Lipinski definition) is 1. The number of nitrogens with two attached hydrogens (primary N) is 1. The van der Waals surface area contributed by atoms with Crippen LogP contribution in [-0.2, 0) is 9.47 Å². The first-order chi connectivity index (χ1) is 9.72. The molecule has 0 spiro atoms. The molecule has 0 aromatic heterocycles. The lowest BCUT2D eigenvalue weighted by atomic mass is 10.0. The maximum Gasteiger partial charge on any atom is 0.107 e. The van der Waals surface area contributed by atoms with E-state index in [4.69, 9.17) is 15.2 Å². The number of morpholine rings is 1. The third-order valence-corrected chi connectivity index (χ3v) is 4.27. The fourth-order valence-electron chi connectivity index (χ4n) is 3.21. The van der Waals surface area contributed by atoms with E-state index < -0.39 is 18.8 Å². The van der Waals surface area contributed by atoms with Gasteiger partial charge in [-0.05, 0) is 24.1 Å². The molecule has 1 aromatic carbocycles. The fraction of sp³-hybridized carbons (Fsp3) is 0.600. The van der Waals surface area contributed by atoms with E-state index in [-0.39, 0.29) is 0 Å². The zero-order valence-corrected chi connectivity index (χ0v) is 11.7. The van der Waals surface area contributed by atoms with Crippen molar-refractivity contribution in [3.63, 3.8) is 0 Å². The summed E-state index contributed by atoms with van der Waals surface area (Å²) in [4.78, 5) is 2.38. The molecule has 4 atom stereocenters. The number of nitrogens with zero attached hydrogens (tertiary/aromatic N) is 1. The largest absolute Gasteiger partial charge is 0.375 e. The molecular weight excluding hydrogens is 259 g/mol. The first kappa shape index (κ1) is 13.8. The van der Waals surface area contributed by atoms with E-state index in [0.29, 0.717) is 12.1 Å². The number of fused-ring (bicyclic) bond motifs is 2. The second kappa shape index (κ2) is 5.68. The number of anilines is 1. The van der Waals surface area contributed by atoms with E-state index >= 15 is 0 Å². The topological polar surface area (TPSA) is 47.7 Å². The Balaban J connectivity index is 1.74. The van der Waals surface area contributed by atoms with Gasteiger partial charge in [-0.3, -0.25) is 0 Å². The molecule has 2 fully saturated rings. The summed E-state index contributed by atoms with van der Waals surface area (Å²) >= 11 is 0. The molecule has 110 valence electrons. The number of ether oxygens (including phenoxy) is 2. The van der Waals surface area contributed by atoms with Gasteiger partial charge in [-0.1, -0.05) is 12.1 Å². The molecule has 4 nitrogen and oxygen atoms in total. The number of rotatable bonds is 5. The molecule has 4 unspecified atom stereocenters. The molecule has 0 saturated carbocycles. The van der Waals surface area contributed by atoms with Crippen LogP contribution in [0.25, 0.3) is 0 Å². The van der Waals surface area contributed by atoms with E-state index in [9.17, 15) is 4.39 Å². The lowest BCUT2D eigenvalue weighted by Gasteiger charge is -2.29. The summed E-state index contributed by atoms with van der Waals surface area (Å²) < 4.78 is 23.6. The summed E-state index contributed by atoms with van der Waals surface area (Å²) in [5, 5.41) is 0. The molecule has 3 rings (SSSR count). The van der Waals surface area contributed by atoms with Crippen LogP contribution in [-0.4, -0.2) is 45.1 Å². The van der Waals surface area contributed by atoms with Crippen molar-refractivity contribution >= 4 is 5.69 Å². The van der Waals surface area contributed by atoms with Gasteiger partial charge in [0.2, 0.25) is 0 Å². The molecular formula is C15H21FN2O2. The molecule has 20 heavy (non-hydrogen) atoms. The Hall–Kier alpha value is -1.17. The zero-order valence-electron chi connectivity index (χ0n) is 11.7. The van der Waals surface area contributed by atoms with Crippen molar-refractivity contribution in [1.82, 2.24) is 0 Å². The second-order valence-electron chi connectivity index (χ2n) is 5.56. The van der Waals surface area contributed by atoms with Crippen molar-refractivity contribution in [3.8, 4) is 0 Å². The summed E-state index contributed by atoms with van der Waals surface area (Å²) in [5.41, 5.74) is 7.85. The van der Waals surface area contributed by atoms with Crippen molar-refractivity contribution < 1.29 is 13.9 Å². The normalized spacial score (nSPS) is 27.9. The predicted molar refractivity (Wildman–Crippen MR) is 75.6 cm³/mol. The molecule has 0 aliphatic carbocycles. The van der Waals surface area contributed by atoms with Gasteiger partial charge in [0, 0.05) is 19.3 Å². The van der Waals surface area contributed by atoms with Crippen LogP contribution in [0.3, 0.4) is 0 Å². The molecule has 2 heterocycles. The van der Waals surface area contributed by atoms with Gasteiger partial charge in [0.05, 0.1) is 30.9 Å². The molecule has 1 aromatic rings. The molecule has 2 aliphatic rings. The SMILES string of the molecule is COC(c1ccc(N2CC3CC2CO3)cc1)C(N)CF. The number of hydrogen-bond acceptors (Lipinski definition) is 4. The molecule has 0 radical (unpaired) electrons.